The van der Waals surface area contributed by atoms with E-state index in [9.17, 15) is 9.18 Å². The molecule has 190 valence electrons. The minimum absolute atomic E-state index is 0.0927. The number of nitrogens with zero attached hydrogens (tertiary/aromatic N) is 2. The van der Waals surface area contributed by atoms with Gasteiger partial charge in [-0.05, 0) is 72.4 Å². The van der Waals surface area contributed by atoms with Crippen LogP contribution in [0.15, 0.2) is 42.5 Å². The smallest absolute Gasteiger partial charge is 0.226 e. The topological polar surface area (TPSA) is 35.6 Å². The van der Waals surface area contributed by atoms with Crippen LogP contribution in [0.4, 0.5) is 10.1 Å². The summed E-state index contributed by atoms with van der Waals surface area (Å²) in [7, 11) is 0. The summed E-state index contributed by atoms with van der Waals surface area (Å²) >= 11 is 12.7. The zero-order valence-electron chi connectivity index (χ0n) is 21.0. The predicted molar refractivity (Wildman–Crippen MR) is 142 cm³/mol. The summed E-state index contributed by atoms with van der Waals surface area (Å²) in [4.78, 5) is 13.5. The van der Waals surface area contributed by atoms with E-state index in [-0.39, 0.29) is 23.7 Å². The lowest BCUT2D eigenvalue weighted by Crippen LogP contribution is -2.49. The Bertz CT molecular complexity index is 1030. The van der Waals surface area contributed by atoms with Crippen molar-refractivity contribution in [2.75, 3.05) is 18.1 Å². The van der Waals surface area contributed by atoms with E-state index in [1.807, 2.05) is 12.1 Å². The molecular formula is C28H36Cl2FN3O. The Labute approximate surface area is 218 Å². The first-order chi connectivity index (χ1) is 16.6. The molecular weight excluding hydrogens is 484 g/mol. The van der Waals surface area contributed by atoms with Crippen LogP contribution >= 0.6 is 23.2 Å². The molecule has 1 amide bonds. The summed E-state index contributed by atoms with van der Waals surface area (Å²) in [6, 6.07) is 12.1. The highest BCUT2D eigenvalue weighted by Crippen LogP contribution is 2.38. The molecule has 1 saturated heterocycles. The van der Waals surface area contributed by atoms with Crippen LogP contribution in [0.25, 0.3) is 0 Å². The van der Waals surface area contributed by atoms with Gasteiger partial charge in [-0.25, -0.2) is 9.40 Å². The van der Waals surface area contributed by atoms with Crippen molar-refractivity contribution in [1.29, 1.82) is 0 Å². The molecule has 1 saturated carbocycles. The lowest BCUT2D eigenvalue weighted by Gasteiger charge is -2.41. The molecule has 1 aliphatic heterocycles. The van der Waals surface area contributed by atoms with Crippen molar-refractivity contribution >= 4 is 34.8 Å². The lowest BCUT2D eigenvalue weighted by molar-refractivity contribution is -0.126. The molecule has 0 radical (unpaired) electrons. The Morgan fingerprint density at radius 2 is 1.80 bits per heavy atom. The van der Waals surface area contributed by atoms with Gasteiger partial charge >= 0.3 is 0 Å². The number of rotatable bonds is 6. The van der Waals surface area contributed by atoms with Crippen LogP contribution in [0, 0.1) is 35.4 Å². The number of benzene rings is 2. The maximum Gasteiger partial charge on any atom is 0.226 e. The summed E-state index contributed by atoms with van der Waals surface area (Å²) in [5, 5.41) is 8.71. The van der Waals surface area contributed by atoms with Crippen molar-refractivity contribution < 1.29 is 9.18 Å². The molecule has 1 heterocycles. The van der Waals surface area contributed by atoms with Gasteiger partial charge in [0.2, 0.25) is 5.91 Å². The highest BCUT2D eigenvalue weighted by molar-refractivity contribution is 6.36. The average molecular weight is 521 g/mol. The second-order valence-corrected chi connectivity index (χ2v) is 11.6. The number of carbonyl (C=O) groups excluding carboxylic acids is 1. The zero-order chi connectivity index (χ0) is 25.3. The van der Waals surface area contributed by atoms with Gasteiger partial charge in [0, 0.05) is 30.7 Å². The van der Waals surface area contributed by atoms with Crippen molar-refractivity contribution in [2.24, 2.45) is 29.6 Å². The standard InChI is InChI=1S/C28H36Cl2FN3O/c1-17(2)21-11-18(3)19(4)26(12-21)32-28(35)22-15-33(14-20-5-8-24(31)9-6-20)34(16-22)27-10-7-23(29)13-25(27)30/h5-10,13,17-19,21-22,26H,11-12,14-16H2,1-4H3,(H,32,35)/t18?,19-,21+,22?,26-/m1/s1. The van der Waals surface area contributed by atoms with Crippen LogP contribution < -0.4 is 10.3 Å². The van der Waals surface area contributed by atoms with Crippen molar-refractivity contribution in [3.63, 3.8) is 0 Å². The van der Waals surface area contributed by atoms with Crippen molar-refractivity contribution in [3.05, 3.63) is 63.9 Å². The number of halogens is 3. The predicted octanol–water partition coefficient (Wildman–Crippen LogP) is 6.81. The number of hydrazine groups is 1. The van der Waals surface area contributed by atoms with Crippen LogP contribution in [-0.2, 0) is 11.3 Å². The van der Waals surface area contributed by atoms with E-state index < -0.39 is 0 Å². The van der Waals surface area contributed by atoms with Gasteiger partial charge in [-0.1, -0.05) is 63.0 Å². The zero-order valence-corrected chi connectivity index (χ0v) is 22.5. The van der Waals surface area contributed by atoms with E-state index in [2.05, 4.69) is 43.0 Å². The fraction of sp³-hybridized carbons (Fsp3) is 0.536. The van der Waals surface area contributed by atoms with Gasteiger partial charge < -0.3 is 10.3 Å². The number of carbonyl (C=O) groups is 1. The molecule has 2 unspecified atom stereocenters. The monoisotopic (exact) mass is 519 g/mol. The number of hydrogen-bond acceptors (Lipinski definition) is 3. The summed E-state index contributed by atoms with van der Waals surface area (Å²) in [6.07, 6.45) is 2.26. The van der Waals surface area contributed by atoms with Crippen LogP contribution in [0.1, 0.15) is 46.1 Å². The molecule has 4 nitrogen and oxygen atoms in total. The van der Waals surface area contributed by atoms with E-state index in [4.69, 9.17) is 23.2 Å². The second kappa shape index (κ2) is 11.1. The Morgan fingerprint density at radius 3 is 2.46 bits per heavy atom. The molecule has 0 bridgehead atoms. The first kappa shape index (κ1) is 26.2. The molecule has 0 aromatic heterocycles. The van der Waals surface area contributed by atoms with Gasteiger partial charge in [0.15, 0.2) is 0 Å². The maximum atomic E-state index is 13.5. The van der Waals surface area contributed by atoms with Crippen LogP contribution in [0.3, 0.4) is 0 Å². The Morgan fingerprint density at radius 1 is 1.09 bits per heavy atom. The van der Waals surface area contributed by atoms with Gasteiger partial charge in [-0.15, -0.1) is 0 Å². The van der Waals surface area contributed by atoms with Crippen LogP contribution in [0.5, 0.6) is 0 Å². The molecule has 2 aliphatic rings. The molecule has 4 rings (SSSR count). The summed E-state index contributed by atoms with van der Waals surface area (Å²) in [5.74, 6) is 1.91. The summed E-state index contributed by atoms with van der Waals surface area (Å²) < 4.78 is 13.5. The van der Waals surface area contributed by atoms with Gasteiger partial charge in [-0.2, -0.15) is 0 Å². The van der Waals surface area contributed by atoms with Gasteiger partial charge in [0.05, 0.1) is 16.6 Å². The molecule has 2 aromatic carbocycles. The molecule has 2 fully saturated rings. The van der Waals surface area contributed by atoms with Crippen LogP contribution in [-0.4, -0.2) is 30.0 Å². The quantitative estimate of drug-likeness (QED) is 0.455. The third-order valence-electron chi connectivity index (χ3n) is 8.04. The van der Waals surface area contributed by atoms with Gasteiger partial charge in [-0.3, -0.25) is 4.79 Å². The third kappa shape index (κ3) is 6.12. The molecule has 1 aliphatic carbocycles. The fourth-order valence-corrected chi connectivity index (χ4v) is 6.06. The average Bonchev–Trinajstić information content (AvgIpc) is 3.21. The number of anilines is 1. The minimum Gasteiger partial charge on any atom is -0.353 e. The SMILES string of the molecule is CC(C)[C@H]1CC(C)[C@@H](C)[C@H](NC(=O)C2CN(Cc3ccc(F)cc3)N(c3ccc(Cl)cc3Cl)C2)C1. The van der Waals surface area contributed by atoms with E-state index in [1.54, 1.807) is 18.2 Å². The van der Waals surface area contributed by atoms with E-state index in [0.717, 1.165) is 17.7 Å². The third-order valence-corrected chi connectivity index (χ3v) is 8.57. The van der Waals surface area contributed by atoms with Crippen molar-refractivity contribution in [3.8, 4) is 0 Å². The molecule has 1 N–H and O–H groups in total. The highest BCUT2D eigenvalue weighted by atomic mass is 35.5. The van der Waals surface area contributed by atoms with E-state index >= 15 is 0 Å². The first-order valence-corrected chi connectivity index (χ1v) is 13.4. The highest BCUT2D eigenvalue weighted by Gasteiger charge is 2.39. The molecule has 5 atom stereocenters. The Hall–Kier alpha value is -1.82. The normalized spacial score (nSPS) is 27.4. The molecule has 2 aromatic rings. The van der Waals surface area contributed by atoms with Crippen LogP contribution in [0.2, 0.25) is 10.0 Å². The summed E-state index contributed by atoms with van der Waals surface area (Å²) in [5.41, 5.74) is 1.78. The molecule has 7 heteroatoms. The number of nitrogens with one attached hydrogen (secondary N) is 1. The maximum absolute atomic E-state index is 13.5. The van der Waals surface area contributed by atoms with Crippen molar-refractivity contribution in [2.45, 2.75) is 53.1 Å². The van der Waals surface area contributed by atoms with Gasteiger partial charge in [0.25, 0.3) is 0 Å². The molecule has 0 spiro atoms. The Kier molecular flexibility index (Phi) is 8.30. The minimum atomic E-state index is -0.263. The second-order valence-electron chi connectivity index (χ2n) is 10.8. The fourth-order valence-electron chi connectivity index (χ4n) is 5.55. The first-order valence-electron chi connectivity index (χ1n) is 12.6. The number of amides is 1. The van der Waals surface area contributed by atoms with Gasteiger partial charge in [0.1, 0.15) is 5.82 Å². The summed E-state index contributed by atoms with van der Waals surface area (Å²) in [6.45, 7) is 10.8. The Balaban J connectivity index is 1.52. The van der Waals surface area contributed by atoms with Crippen molar-refractivity contribution in [1.82, 2.24) is 10.3 Å². The van der Waals surface area contributed by atoms with E-state index in [0.29, 0.717) is 53.4 Å². The lowest BCUT2D eigenvalue weighted by atomic mass is 9.69. The van der Waals surface area contributed by atoms with E-state index in [1.165, 1.54) is 18.6 Å². The number of hydrogen-bond donors (Lipinski definition) is 1. The largest absolute Gasteiger partial charge is 0.353 e. The molecule has 35 heavy (non-hydrogen) atoms.